The van der Waals surface area contributed by atoms with Gasteiger partial charge in [0.2, 0.25) is 0 Å². The summed E-state index contributed by atoms with van der Waals surface area (Å²) in [6, 6.07) is 6.02. The van der Waals surface area contributed by atoms with Crippen molar-refractivity contribution >= 4 is 5.69 Å². The maximum absolute atomic E-state index is 5.69. The summed E-state index contributed by atoms with van der Waals surface area (Å²) < 4.78 is 11.0. The van der Waals surface area contributed by atoms with Gasteiger partial charge in [0.1, 0.15) is 12.5 Å². The van der Waals surface area contributed by atoms with Gasteiger partial charge >= 0.3 is 0 Å². The Morgan fingerprint density at radius 1 is 1.43 bits per heavy atom. The van der Waals surface area contributed by atoms with Crippen LogP contribution in [0.25, 0.3) is 0 Å². The van der Waals surface area contributed by atoms with Crippen molar-refractivity contribution in [2.75, 3.05) is 12.0 Å². The largest absolute Gasteiger partial charge is 0.491 e. The topological polar surface area (TPSA) is 30.5 Å². The predicted octanol–water partition coefficient (Wildman–Crippen LogP) is 2.37. The van der Waals surface area contributed by atoms with E-state index in [4.69, 9.17) is 9.47 Å². The number of rotatable bonds is 2. The molecule has 0 fully saturated rings. The number of anilines is 1. The van der Waals surface area contributed by atoms with Crippen molar-refractivity contribution in [2.45, 2.75) is 26.6 Å². The SMILES string of the molecule is CC(C)Oc1cccc2c1COCN2. The van der Waals surface area contributed by atoms with Gasteiger partial charge in [0, 0.05) is 11.3 Å². The van der Waals surface area contributed by atoms with Gasteiger partial charge in [-0.1, -0.05) is 6.07 Å². The summed E-state index contributed by atoms with van der Waals surface area (Å²) in [5.41, 5.74) is 2.24. The maximum Gasteiger partial charge on any atom is 0.127 e. The van der Waals surface area contributed by atoms with E-state index in [2.05, 4.69) is 5.32 Å². The van der Waals surface area contributed by atoms with Gasteiger partial charge < -0.3 is 14.8 Å². The molecule has 0 bridgehead atoms. The van der Waals surface area contributed by atoms with Crippen LogP contribution in [0.5, 0.6) is 5.75 Å². The van der Waals surface area contributed by atoms with Crippen molar-refractivity contribution in [3.63, 3.8) is 0 Å². The first-order valence-corrected chi connectivity index (χ1v) is 4.87. The number of hydrogen-bond acceptors (Lipinski definition) is 3. The Bertz CT molecular complexity index is 323. The Labute approximate surface area is 84.0 Å². The molecule has 1 N–H and O–H groups in total. The molecule has 0 amide bonds. The number of fused-ring (bicyclic) bond motifs is 1. The van der Waals surface area contributed by atoms with Crippen LogP contribution in [0.3, 0.4) is 0 Å². The van der Waals surface area contributed by atoms with Crippen LogP contribution in [-0.2, 0) is 11.3 Å². The zero-order valence-electron chi connectivity index (χ0n) is 8.54. The van der Waals surface area contributed by atoms with E-state index < -0.39 is 0 Å². The zero-order chi connectivity index (χ0) is 9.97. The maximum atomic E-state index is 5.69. The number of nitrogens with one attached hydrogen (secondary N) is 1. The molecule has 1 aromatic rings. The van der Waals surface area contributed by atoms with Crippen LogP contribution in [0.4, 0.5) is 5.69 Å². The van der Waals surface area contributed by atoms with Crippen molar-refractivity contribution in [1.29, 1.82) is 0 Å². The number of benzene rings is 1. The highest BCUT2D eigenvalue weighted by atomic mass is 16.5. The Kier molecular flexibility index (Phi) is 2.59. The molecule has 0 aliphatic carbocycles. The molecule has 1 aliphatic heterocycles. The first kappa shape index (κ1) is 9.34. The van der Waals surface area contributed by atoms with Crippen molar-refractivity contribution in [1.82, 2.24) is 0 Å². The molecular formula is C11H15NO2. The minimum absolute atomic E-state index is 0.198. The average Bonchev–Trinajstić information content (AvgIpc) is 2.18. The summed E-state index contributed by atoms with van der Waals surface area (Å²) >= 11 is 0. The van der Waals surface area contributed by atoms with Gasteiger partial charge in [0.05, 0.1) is 12.7 Å². The molecule has 3 nitrogen and oxygen atoms in total. The Balaban J connectivity index is 2.30. The fraction of sp³-hybridized carbons (Fsp3) is 0.455. The molecule has 0 saturated carbocycles. The van der Waals surface area contributed by atoms with Gasteiger partial charge in [-0.2, -0.15) is 0 Å². The van der Waals surface area contributed by atoms with Crippen molar-refractivity contribution < 1.29 is 9.47 Å². The van der Waals surface area contributed by atoms with Gasteiger partial charge in [0.15, 0.2) is 0 Å². The second kappa shape index (κ2) is 3.88. The van der Waals surface area contributed by atoms with Crippen molar-refractivity contribution in [3.05, 3.63) is 23.8 Å². The lowest BCUT2D eigenvalue weighted by Gasteiger charge is -2.22. The van der Waals surface area contributed by atoms with Gasteiger partial charge in [-0.25, -0.2) is 0 Å². The van der Waals surface area contributed by atoms with Crippen LogP contribution < -0.4 is 10.1 Å². The minimum atomic E-state index is 0.198. The molecule has 76 valence electrons. The van der Waals surface area contributed by atoms with Crippen molar-refractivity contribution in [3.8, 4) is 5.75 Å². The van der Waals surface area contributed by atoms with E-state index in [1.807, 2.05) is 32.0 Å². The Morgan fingerprint density at radius 2 is 2.29 bits per heavy atom. The highest BCUT2D eigenvalue weighted by Crippen LogP contribution is 2.30. The molecule has 14 heavy (non-hydrogen) atoms. The van der Waals surface area contributed by atoms with Crippen LogP contribution in [-0.4, -0.2) is 12.8 Å². The van der Waals surface area contributed by atoms with E-state index >= 15 is 0 Å². The molecule has 1 heterocycles. The van der Waals surface area contributed by atoms with Crippen LogP contribution in [0.2, 0.25) is 0 Å². The first-order chi connectivity index (χ1) is 6.77. The summed E-state index contributed by atoms with van der Waals surface area (Å²) in [7, 11) is 0. The molecule has 0 aromatic heterocycles. The molecule has 3 heteroatoms. The molecule has 0 saturated heterocycles. The summed E-state index contributed by atoms with van der Waals surface area (Å²) in [5.74, 6) is 0.921. The van der Waals surface area contributed by atoms with E-state index in [0.717, 1.165) is 17.0 Å². The number of hydrogen-bond donors (Lipinski definition) is 1. The second-order valence-corrected chi connectivity index (χ2v) is 3.62. The van der Waals surface area contributed by atoms with E-state index in [1.165, 1.54) is 0 Å². The fourth-order valence-electron chi connectivity index (χ4n) is 1.53. The molecule has 0 radical (unpaired) electrons. The fourth-order valence-corrected chi connectivity index (χ4v) is 1.53. The van der Waals surface area contributed by atoms with Crippen molar-refractivity contribution in [2.24, 2.45) is 0 Å². The summed E-state index contributed by atoms with van der Waals surface area (Å²) in [6.45, 7) is 5.26. The van der Waals surface area contributed by atoms with Gasteiger partial charge in [0.25, 0.3) is 0 Å². The third-order valence-electron chi connectivity index (χ3n) is 2.11. The highest BCUT2D eigenvalue weighted by molar-refractivity contribution is 5.58. The average molecular weight is 193 g/mol. The molecule has 1 aliphatic rings. The van der Waals surface area contributed by atoms with E-state index in [-0.39, 0.29) is 6.10 Å². The smallest absolute Gasteiger partial charge is 0.127 e. The minimum Gasteiger partial charge on any atom is -0.491 e. The second-order valence-electron chi connectivity index (χ2n) is 3.62. The highest BCUT2D eigenvalue weighted by Gasteiger charge is 2.14. The monoisotopic (exact) mass is 193 g/mol. The molecule has 0 unspecified atom stereocenters. The van der Waals surface area contributed by atoms with E-state index in [1.54, 1.807) is 0 Å². The zero-order valence-corrected chi connectivity index (χ0v) is 8.54. The van der Waals surface area contributed by atoms with Crippen LogP contribution in [0.1, 0.15) is 19.4 Å². The Hall–Kier alpha value is -1.22. The van der Waals surface area contributed by atoms with Gasteiger partial charge in [-0.3, -0.25) is 0 Å². The quantitative estimate of drug-likeness (QED) is 0.782. The molecular weight excluding hydrogens is 178 g/mol. The summed E-state index contributed by atoms with van der Waals surface area (Å²) in [5, 5.41) is 3.17. The normalized spacial score (nSPS) is 14.8. The summed E-state index contributed by atoms with van der Waals surface area (Å²) in [6.07, 6.45) is 0.198. The standard InChI is InChI=1S/C11H15NO2/c1-8(2)14-11-5-3-4-10-9(11)6-13-7-12-10/h3-5,8,12H,6-7H2,1-2H3. The van der Waals surface area contributed by atoms with Gasteiger partial charge in [-0.05, 0) is 26.0 Å². The third-order valence-corrected chi connectivity index (χ3v) is 2.11. The molecule has 0 spiro atoms. The predicted molar refractivity (Wildman–Crippen MR) is 55.5 cm³/mol. The molecule has 0 atom stereocenters. The Morgan fingerprint density at radius 3 is 3.07 bits per heavy atom. The van der Waals surface area contributed by atoms with E-state index in [0.29, 0.717) is 13.3 Å². The van der Waals surface area contributed by atoms with Crippen LogP contribution >= 0.6 is 0 Å². The van der Waals surface area contributed by atoms with E-state index in [9.17, 15) is 0 Å². The van der Waals surface area contributed by atoms with Crippen LogP contribution in [0, 0.1) is 0 Å². The lowest BCUT2D eigenvalue weighted by molar-refractivity contribution is 0.125. The number of ether oxygens (including phenoxy) is 2. The summed E-state index contributed by atoms with van der Waals surface area (Å²) in [4.78, 5) is 0. The lowest BCUT2D eigenvalue weighted by Crippen LogP contribution is -2.16. The molecule has 2 rings (SSSR count). The first-order valence-electron chi connectivity index (χ1n) is 4.87. The third kappa shape index (κ3) is 1.82. The molecule has 1 aromatic carbocycles. The van der Waals surface area contributed by atoms with Crippen LogP contribution in [0.15, 0.2) is 18.2 Å². The van der Waals surface area contributed by atoms with Gasteiger partial charge in [-0.15, -0.1) is 0 Å². The lowest BCUT2D eigenvalue weighted by atomic mass is 10.1.